The van der Waals surface area contributed by atoms with E-state index in [1.54, 1.807) is 7.11 Å². The van der Waals surface area contributed by atoms with Crippen molar-refractivity contribution < 1.29 is 4.74 Å². The van der Waals surface area contributed by atoms with E-state index in [2.05, 4.69) is 4.90 Å². The number of rotatable bonds is 7. The lowest BCUT2D eigenvalue weighted by atomic mass is 10.1. The molecule has 1 fully saturated rings. The number of ether oxygens (including phenoxy) is 1. The van der Waals surface area contributed by atoms with Gasteiger partial charge in [0.15, 0.2) is 0 Å². The van der Waals surface area contributed by atoms with E-state index in [9.17, 15) is 0 Å². The van der Waals surface area contributed by atoms with E-state index in [0.717, 1.165) is 31.5 Å². The van der Waals surface area contributed by atoms with Crippen LogP contribution in [0, 0.1) is 5.92 Å². The van der Waals surface area contributed by atoms with Crippen LogP contribution in [0.15, 0.2) is 0 Å². The second-order valence-corrected chi connectivity index (χ2v) is 4.51. The van der Waals surface area contributed by atoms with Gasteiger partial charge in [0.2, 0.25) is 0 Å². The fourth-order valence-electron chi connectivity index (χ4n) is 2.19. The van der Waals surface area contributed by atoms with Crippen molar-refractivity contribution in [3.05, 3.63) is 0 Å². The van der Waals surface area contributed by atoms with Crippen LogP contribution in [0.5, 0.6) is 0 Å². The highest BCUT2D eigenvalue weighted by Gasteiger charge is 2.17. The molecule has 0 unspecified atom stereocenters. The minimum Gasteiger partial charge on any atom is -0.383 e. The second-order valence-electron chi connectivity index (χ2n) is 4.13. The Morgan fingerprint density at radius 2 is 2.00 bits per heavy atom. The maximum absolute atomic E-state index is 5.78. The summed E-state index contributed by atoms with van der Waals surface area (Å²) in [5.41, 5.74) is 0. The van der Waals surface area contributed by atoms with Crippen molar-refractivity contribution in [3.8, 4) is 0 Å². The molecular weight excluding hydrogens is 198 g/mol. The first kappa shape index (κ1) is 12.3. The van der Waals surface area contributed by atoms with E-state index in [1.165, 1.54) is 32.2 Å². The number of hydrogen-bond donors (Lipinski definition) is 0. The lowest BCUT2D eigenvalue weighted by Crippen LogP contribution is -2.33. The first-order valence-corrected chi connectivity index (χ1v) is 6.17. The minimum absolute atomic E-state index is 0.733. The molecule has 0 atom stereocenters. The van der Waals surface area contributed by atoms with Crippen LogP contribution in [0.1, 0.15) is 25.7 Å². The van der Waals surface area contributed by atoms with Crippen molar-refractivity contribution in [2.75, 3.05) is 39.2 Å². The van der Waals surface area contributed by atoms with E-state index >= 15 is 0 Å². The van der Waals surface area contributed by atoms with Crippen LogP contribution in [-0.2, 0) is 4.74 Å². The molecule has 0 saturated heterocycles. The molecule has 0 aromatic heterocycles. The fourth-order valence-corrected chi connectivity index (χ4v) is 2.43. The Hall–Kier alpha value is 0.210. The van der Waals surface area contributed by atoms with Crippen molar-refractivity contribution in [1.29, 1.82) is 0 Å². The number of nitrogens with zero attached hydrogens (tertiary/aromatic N) is 1. The molecule has 0 amide bonds. The average Bonchev–Trinajstić information content (AvgIpc) is 2.67. The summed E-state index contributed by atoms with van der Waals surface area (Å²) in [6.45, 7) is 4.07. The Morgan fingerprint density at radius 3 is 2.57 bits per heavy atom. The van der Waals surface area contributed by atoms with Gasteiger partial charge in [0.25, 0.3) is 0 Å². The summed E-state index contributed by atoms with van der Waals surface area (Å²) in [6.07, 6.45) is 5.66. The van der Waals surface area contributed by atoms with Gasteiger partial charge in [-0.3, -0.25) is 4.90 Å². The van der Waals surface area contributed by atoms with Crippen LogP contribution in [-0.4, -0.2) is 44.1 Å². The molecule has 0 aromatic rings. The maximum atomic E-state index is 5.78. The molecule has 1 aliphatic carbocycles. The summed E-state index contributed by atoms with van der Waals surface area (Å²) in [5.74, 6) is 1.64. The largest absolute Gasteiger partial charge is 0.383 e. The van der Waals surface area contributed by atoms with Gasteiger partial charge in [0.1, 0.15) is 0 Å². The van der Waals surface area contributed by atoms with Gasteiger partial charge in [0.05, 0.1) is 6.61 Å². The van der Waals surface area contributed by atoms with Crippen LogP contribution >= 0.6 is 11.6 Å². The zero-order valence-electron chi connectivity index (χ0n) is 9.17. The number of methoxy groups -OCH3 is 1. The van der Waals surface area contributed by atoms with Gasteiger partial charge >= 0.3 is 0 Å². The first-order valence-electron chi connectivity index (χ1n) is 5.64. The van der Waals surface area contributed by atoms with Gasteiger partial charge < -0.3 is 4.74 Å². The molecule has 0 aromatic carbocycles. The average molecular weight is 220 g/mol. The van der Waals surface area contributed by atoms with Crippen LogP contribution in [0.4, 0.5) is 0 Å². The number of halogens is 1. The fraction of sp³-hybridized carbons (Fsp3) is 1.00. The molecule has 2 nitrogen and oxygen atoms in total. The summed E-state index contributed by atoms with van der Waals surface area (Å²) in [7, 11) is 1.76. The molecule has 1 rings (SSSR count). The topological polar surface area (TPSA) is 12.5 Å². The highest BCUT2D eigenvalue weighted by Crippen LogP contribution is 2.25. The van der Waals surface area contributed by atoms with Crippen LogP contribution in [0.25, 0.3) is 0 Å². The van der Waals surface area contributed by atoms with E-state index in [4.69, 9.17) is 16.3 Å². The van der Waals surface area contributed by atoms with E-state index < -0.39 is 0 Å². The summed E-state index contributed by atoms with van der Waals surface area (Å²) in [5, 5.41) is 0. The van der Waals surface area contributed by atoms with E-state index in [-0.39, 0.29) is 0 Å². The first-order chi connectivity index (χ1) is 6.86. The second kappa shape index (κ2) is 7.49. The third-order valence-corrected chi connectivity index (χ3v) is 3.17. The van der Waals surface area contributed by atoms with Gasteiger partial charge in [-0.2, -0.15) is 0 Å². The Morgan fingerprint density at radius 1 is 1.29 bits per heavy atom. The minimum atomic E-state index is 0.733. The third kappa shape index (κ3) is 4.63. The lowest BCUT2D eigenvalue weighted by Gasteiger charge is -2.24. The summed E-state index contributed by atoms with van der Waals surface area (Å²) >= 11 is 5.78. The molecule has 1 saturated carbocycles. The smallest absolute Gasteiger partial charge is 0.0589 e. The van der Waals surface area contributed by atoms with Crippen molar-refractivity contribution in [3.63, 3.8) is 0 Å². The van der Waals surface area contributed by atoms with Gasteiger partial charge in [-0.1, -0.05) is 12.8 Å². The molecule has 0 bridgehead atoms. The predicted molar refractivity (Wildman–Crippen MR) is 61.0 cm³/mol. The summed E-state index contributed by atoms with van der Waals surface area (Å²) in [6, 6.07) is 0. The molecule has 0 radical (unpaired) electrons. The molecule has 1 aliphatic rings. The number of hydrogen-bond acceptors (Lipinski definition) is 2. The van der Waals surface area contributed by atoms with Crippen LogP contribution in [0.2, 0.25) is 0 Å². The van der Waals surface area contributed by atoms with E-state index in [0.29, 0.717) is 0 Å². The number of alkyl halides is 1. The molecule has 0 spiro atoms. The van der Waals surface area contributed by atoms with Gasteiger partial charge in [-0.05, 0) is 18.8 Å². The zero-order valence-corrected chi connectivity index (χ0v) is 9.93. The quantitative estimate of drug-likeness (QED) is 0.610. The Bertz CT molecular complexity index is 137. The van der Waals surface area contributed by atoms with Gasteiger partial charge in [-0.25, -0.2) is 0 Å². The standard InChI is InChI=1S/C11H22ClNO/c1-14-9-8-13(7-6-12)10-11-4-2-3-5-11/h11H,2-10H2,1H3. The van der Waals surface area contributed by atoms with Crippen LogP contribution in [0.3, 0.4) is 0 Å². The van der Waals surface area contributed by atoms with E-state index in [1.807, 2.05) is 0 Å². The van der Waals surface area contributed by atoms with Crippen molar-refractivity contribution >= 4 is 11.6 Å². The Balaban J connectivity index is 2.18. The highest BCUT2D eigenvalue weighted by molar-refractivity contribution is 6.18. The zero-order chi connectivity index (χ0) is 10.2. The molecule has 14 heavy (non-hydrogen) atoms. The molecule has 84 valence electrons. The molecule has 3 heteroatoms. The van der Waals surface area contributed by atoms with Crippen LogP contribution < -0.4 is 0 Å². The normalized spacial score (nSPS) is 18.2. The van der Waals surface area contributed by atoms with Crippen molar-refractivity contribution in [2.45, 2.75) is 25.7 Å². The predicted octanol–water partition coefficient (Wildman–Crippen LogP) is 2.36. The summed E-state index contributed by atoms with van der Waals surface area (Å²) in [4.78, 5) is 2.44. The monoisotopic (exact) mass is 219 g/mol. The molecule has 0 N–H and O–H groups in total. The van der Waals surface area contributed by atoms with Crippen molar-refractivity contribution in [1.82, 2.24) is 4.90 Å². The van der Waals surface area contributed by atoms with Crippen molar-refractivity contribution in [2.24, 2.45) is 5.92 Å². The summed E-state index contributed by atoms with van der Waals surface area (Å²) < 4.78 is 5.10. The van der Waals surface area contributed by atoms with Gasteiger partial charge in [0, 0.05) is 32.6 Å². The Kier molecular flexibility index (Phi) is 6.57. The SMILES string of the molecule is COCCN(CCCl)CC1CCCC1. The lowest BCUT2D eigenvalue weighted by molar-refractivity contribution is 0.141. The maximum Gasteiger partial charge on any atom is 0.0589 e. The third-order valence-electron chi connectivity index (χ3n) is 3.00. The molecule has 0 aliphatic heterocycles. The molecular formula is C11H22ClNO. The molecule has 0 heterocycles. The Labute approximate surface area is 92.6 Å². The highest BCUT2D eigenvalue weighted by atomic mass is 35.5. The van der Waals surface area contributed by atoms with Gasteiger partial charge in [-0.15, -0.1) is 11.6 Å².